The van der Waals surface area contributed by atoms with Crippen molar-refractivity contribution in [2.75, 3.05) is 6.61 Å². The summed E-state index contributed by atoms with van der Waals surface area (Å²) in [5, 5.41) is 4.54. The summed E-state index contributed by atoms with van der Waals surface area (Å²) in [7, 11) is 0. The minimum absolute atomic E-state index is 0.145. The van der Waals surface area contributed by atoms with Gasteiger partial charge in [0.05, 0.1) is 6.21 Å². The molecule has 0 fully saturated rings. The molecule has 6 heteroatoms. The Morgan fingerprint density at radius 3 is 2.42 bits per heavy atom. The monoisotopic (exact) mass is 430 g/mol. The fourth-order valence-electron chi connectivity index (χ4n) is 2.94. The van der Waals surface area contributed by atoms with Crippen LogP contribution in [0.25, 0.3) is 22.5 Å². The summed E-state index contributed by atoms with van der Waals surface area (Å²) in [5.74, 6) is 1.41. The molecule has 0 saturated heterocycles. The molecular formula is C25H19ClN2O3. The van der Waals surface area contributed by atoms with Gasteiger partial charge in [-0.1, -0.05) is 66.2 Å². The first kappa shape index (κ1) is 20.4. The Bertz CT molecular complexity index is 1180. The highest BCUT2D eigenvalue weighted by Crippen LogP contribution is 2.24. The van der Waals surface area contributed by atoms with Crippen molar-refractivity contribution in [3.05, 3.63) is 102 Å². The molecule has 0 aliphatic rings. The van der Waals surface area contributed by atoms with E-state index in [0.717, 1.165) is 16.7 Å². The zero-order chi connectivity index (χ0) is 21.5. The summed E-state index contributed by atoms with van der Waals surface area (Å²) in [6.45, 7) is -0.145. The maximum absolute atomic E-state index is 12.0. The predicted molar refractivity (Wildman–Crippen MR) is 122 cm³/mol. The number of furan rings is 1. The number of ether oxygens (including phenoxy) is 1. The number of hydrogen-bond donors (Lipinski definition) is 1. The van der Waals surface area contributed by atoms with Crippen LogP contribution in [0.2, 0.25) is 5.02 Å². The van der Waals surface area contributed by atoms with Crippen LogP contribution >= 0.6 is 11.6 Å². The van der Waals surface area contributed by atoms with Gasteiger partial charge in [-0.15, -0.1) is 0 Å². The molecule has 1 N–H and O–H groups in total. The van der Waals surface area contributed by atoms with Crippen molar-refractivity contribution in [1.82, 2.24) is 5.43 Å². The second-order valence-electron chi connectivity index (χ2n) is 6.68. The van der Waals surface area contributed by atoms with Crippen molar-refractivity contribution < 1.29 is 13.9 Å². The van der Waals surface area contributed by atoms with E-state index in [2.05, 4.69) is 10.5 Å². The van der Waals surface area contributed by atoms with Crippen molar-refractivity contribution in [3.63, 3.8) is 0 Å². The van der Waals surface area contributed by atoms with E-state index >= 15 is 0 Å². The molecule has 0 spiro atoms. The number of amides is 1. The molecule has 0 atom stereocenters. The molecule has 1 aromatic heterocycles. The van der Waals surface area contributed by atoms with Gasteiger partial charge in [-0.25, -0.2) is 5.43 Å². The fraction of sp³-hybridized carbons (Fsp3) is 0.0400. The van der Waals surface area contributed by atoms with Gasteiger partial charge in [0.1, 0.15) is 17.3 Å². The fourth-order valence-corrected chi connectivity index (χ4v) is 3.13. The highest BCUT2D eigenvalue weighted by molar-refractivity contribution is 6.30. The Balaban J connectivity index is 1.26. The number of hydrazone groups is 1. The minimum atomic E-state index is -0.370. The normalized spacial score (nSPS) is 10.9. The van der Waals surface area contributed by atoms with Crippen LogP contribution in [0.4, 0.5) is 0 Å². The molecule has 0 bridgehead atoms. The molecular weight excluding hydrogens is 412 g/mol. The average molecular weight is 431 g/mol. The number of halogens is 1. The molecule has 0 radical (unpaired) electrons. The van der Waals surface area contributed by atoms with Crippen LogP contribution in [0.1, 0.15) is 5.76 Å². The van der Waals surface area contributed by atoms with Gasteiger partial charge >= 0.3 is 0 Å². The van der Waals surface area contributed by atoms with Crippen molar-refractivity contribution >= 4 is 23.7 Å². The number of hydrogen-bond acceptors (Lipinski definition) is 4. The molecule has 1 heterocycles. The minimum Gasteiger partial charge on any atom is -0.484 e. The molecule has 4 rings (SSSR count). The maximum Gasteiger partial charge on any atom is 0.277 e. The van der Waals surface area contributed by atoms with Crippen LogP contribution in [0.5, 0.6) is 5.75 Å². The third-order valence-corrected chi connectivity index (χ3v) is 4.68. The molecule has 5 nitrogen and oxygen atoms in total. The second kappa shape index (κ2) is 9.78. The number of rotatable bonds is 7. The summed E-state index contributed by atoms with van der Waals surface area (Å²) in [6, 6.07) is 28.6. The molecule has 154 valence electrons. The van der Waals surface area contributed by atoms with Crippen molar-refractivity contribution in [2.45, 2.75) is 0 Å². The van der Waals surface area contributed by atoms with Crippen LogP contribution < -0.4 is 10.2 Å². The van der Waals surface area contributed by atoms with Gasteiger partial charge in [0.2, 0.25) is 0 Å². The molecule has 0 aliphatic heterocycles. The second-order valence-corrected chi connectivity index (χ2v) is 7.12. The van der Waals surface area contributed by atoms with E-state index in [1.807, 2.05) is 78.9 Å². The molecule has 0 saturated carbocycles. The van der Waals surface area contributed by atoms with Crippen LogP contribution in [-0.4, -0.2) is 18.7 Å². The molecule has 1 amide bonds. The van der Waals surface area contributed by atoms with Crippen LogP contribution in [0, 0.1) is 0 Å². The summed E-state index contributed by atoms with van der Waals surface area (Å²) < 4.78 is 11.2. The van der Waals surface area contributed by atoms with E-state index < -0.39 is 0 Å². The topological polar surface area (TPSA) is 63.8 Å². The van der Waals surface area contributed by atoms with E-state index in [-0.39, 0.29) is 12.5 Å². The van der Waals surface area contributed by atoms with Crippen LogP contribution in [0.15, 0.2) is 101 Å². The van der Waals surface area contributed by atoms with Crippen molar-refractivity contribution in [2.24, 2.45) is 5.10 Å². The highest BCUT2D eigenvalue weighted by Gasteiger charge is 2.05. The maximum atomic E-state index is 12.0. The number of nitrogens with one attached hydrogen (secondary N) is 1. The van der Waals surface area contributed by atoms with Gasteiger partial charge in [-0.05, 0) is 47.5 Å². The molecule has 0 aliphatic carbocycles. The smallest absolute Gasteiger partial charge is 0.277 e. The van der Waals surface area contributed by atoms with Gasteiger partial charge in [-0.3, -0.25) is 4.79 Å². The lowest BCUT2D eigenvalue weighted by Crippen LogP contribution is -2.24. The molecule has 3 aromatic carbocycles. The van der Waals surface area contributed by atoms with Gasteiger partial charge in [0, 0.05) is 10.6 Å². The SMILES string of the molecule is O=C(COc1ccc(-c2ccccc2)cc1)NN=Cc1ccc(-c2cccc(Cl)c2)o1. The quantitative estimate of drug-likeness (QED) is 0.298. The lowest BCUT2D eigenvalue weighted by molar-refractivity contribution is -0.123. The number of carbonyl (C=O) groups excluding carboxylic acids is 1. The van der Waals surface area contributed by atoms with E-state index in [1.54, 1.807) is 12.1 Å². The molecule has 31 heavy (non-hydrogen) atoms. The van der Waals surface area contributed by atoms with Crippen LogP contribution in [0.3, 0.4) is 0 Å². The summed E-state index contributed by atoms with van der Waals surface area (Å²) in [6.07, 6.45) is 1.43. The first-order valence-electron chi connectivity index (χ1n) is 9.63. The Morgan fingerprint density at radius 1 is 0.903 bits per heavy atom. The number of nitrogens with zero attached hydrogens (tertiary/aromatic N) is 1. The Kier molecular flexibility index (Phi) is 6.45. The Labute approximate surface area is 184 Å². The standard InChI is InChI=1S/C25H19ClN2O3/c26-21-8-4-7-20(15-21)24-14-13-23(31-24)16-27-28-25(29)17-30-22-11-9-19(10-12-22)18-5-2-1-3-6-18/h1-16H,17H2,(H,28,29). The van der Waals surface area contributed by atoms with Gasteiger partial charge in [0.15, 0.2) is 6.61 Å². The zero-order valence-corrected chi connectivity index (χ0v) is 17.3. The number of benzene rings is 3. The third kappa shape index (κ3) is 5.62. The summed E-state index contributed by atoms with van der Waals surface area (Å²) in [5.41, 5.74) is 5.49. The van der Waals surface area contributed by atoms with Gasteiger partial charge in [0.25, 0.3) is 5.91 Å². The van der Waals surface area contributed by atoms with E-state index in [1.165, 1.54) is 6.21 Å². The lowest BCUT2D eigenvalue weighted by Gasteiger charge is -2.06. The number of carbonyl (C=O) groups is 1. The van der Waals surface area contributed by atoms with Gasteiger partial charge < -0.3 is 9.15 Å². The van der Waals surface area contributed by atoms with Crippen molar-refractivity contribution in [3.8, 4) is 28.2 Å². The largest absolute Gasteiger partial charge is 0.484 e. The average Bonchev–Trinajstić information content (AvgIpc) is 3.28. The Morgan fingerprint density at radius 2 is 1.65 bits per heavy atom. The van der Waals surface area contributed by atoms with Crippen LogP contribution in [-0.2, 0) is 4.79 Å². The molecule has 4 aromatic rings. The molecule has 0 unspecified atom stereocenters. The van der Waals surface area contributed by atoms with E-state index in [4.69, 9.17) is 20.8 Å². The van der Waals surface area contributed by atoms with E-state index in [9.17, 15) is 4.79 Å². The highest BCUT2D eigenvalue weighted by atomic mass is 35.5. The third-order valence-electron chi connectivity index (χ3n) is 4.45. The summed E-state index contributed by atoms with van der Waals surface area (Å²) >= 11 is 6.00. The predicted octanol–water partition coefficient (Wildman–Crippen LogP) is 5.80. The van der Waals surface area contributed by atoms with E-state index in [0.29, 0.717) is 22.3 Å². The van der Waals surface area contributed by atoms with Crippen molar-refractivity contribution in [1.29, 1.82) is 0 Å². The first-order chi connectivity index (χ1) is 15.2. The zero-order valence-electron chi connectivity index (χ0n) is 16.5. The van der Waals surface area contributed by atoms with Gasteiger partial charge in [-0.2, -0.15) is 5.10 Å². The first-order valence-corrected chi connectivity index (χ1v) is 10.0. The lowest BCUT2D eigenvalue weighted by atomic mass is 10.1. The summed E-state index contributed by atoms with van der Waals surface area (Å²) in [4.78, 5) is 12.0. The Hall–Kier alpha value is -3.83.